The Balaban J connectivity index is 0.00000261. The molecule has 0 spiro atoms. The van der Waals surface area contributed by atoms with E-state index in [1.807, 2.05) is 30.3 Å². The Kier molecular flexibility index (Phi) is 6.96. The van der Waals surface area contributed by atoms with Crippen LogP contribution in [0.4, 0.5) is 18.9 Å². The molecule has 1 fully saturated rings. The normalized spacial score (nSPS) is 17.0. The lowest BCUT2D eigenvalue weighted by molar-refractivity contribution is -0.274. The van der Waals surface area contributed by atoms with Gasteiger partial charge in [-0.05, 0) is 49.2 Å². The molecule has 3 rings (SSSR count). The molecule has 0 saturated carbocycles. The van der Waals surface area contributed by atoms with Crippen molar-refractivity contribution in [3.63, 3.8) is 0 Å². The van der Waals surface area contributed by atoms with E-state index in [0.717, 1.165) is 37.2 Å². The SMILES string of the molecule is Cl.O=C(OC1CCCN(c2ccccc2)C1)c1ccc(OC(F)(F)F)cc1. The number of benzene rings is 2. The van der Waals surface area contributed by atoms with Gasteiger partial charge in [-0.2, -0.15) is 0 Å². The predicted molar refractivity (Wildman–Crippen MR) is 97.5 cm³/mol. The third kappa shape index (κ3) is 6.06. The average Bonchev–Trinajstić information content (AvgIpc) is 2.62. The highest BCUT2D eigenvalue weighted by Crippen LogP contribution is 2.24. The number of anilines is 1. The lowest BCUT2D eigenvalue weighted by Gasteiger charge is -2.34. The van der Waals surface area contributed by atoms with Gasteiger partial charge < -0.3 is 14.4 Å². The van der Waals surface area contributed by atoms with E-state index in [1.165, 1.54) is 12.1 Å². The predicted octanol–water partition coefficient (Wildman–Crippen LogP) is 4.83. The Morgan fingerprint density at radius 1 is 1.04 bits per heavy atom. The highest BCUT2D eigenvalue weighted by atomic mass is 35.5. The molecule has 0 aromatic heterocycles. The van der Waals surface area contributed by atoms with E-state index in [4.69, 9.17) is 4.74 Å². The Morgan fingerprint density at radius 3 is 2.33 bits per heavy atom. The Bertz CT molecular complexity index is 738. The standard InChI is InChI=1S/C19H18F3NO3.ClH/c20-19(21,22)26-16-10-8-14(9-11-16)18(24)25-17-7-4-12-23(13-17)15-5-2-1-3-6-15;/h1-3,5-6,8-11,17H,4,7,12-13H2;1H. The summed E-state index contributed by atoms with van der Waals surface area (Å²) in [6, 6.07) is 14.6. The number of halogens is 4. The molecule has 1 aliphatic rings. The van der Waals surface area contributed by atoms with E-state index in [2.05, 4.69) is 9.64 Å². The second kappa shape index (κ2) is 8.99. The lowest BCUT2D eigenvalue weighted by Crippen LogP contribution is -2.40. The van der Waals surface area contributed by atoms with Crippen LogP contribution in [0.3, 0.4) is 0 Å². The van der Waals surface area contributed by atoms with Gasteiger partial charge in [0.15, 0.2) is 0 Å². The van der Waals surface area contributed by atoms with E-state index in [1.54, 1.807) is 0 Å². The summed E-state index contributed by atoms with van der Waals surface area (Å²) in [6.45, 7) is 1.48. The number of carbonyl (C=O) groups is 1. The van der Waals surface area contributed by atoms with E-state index in [-0.39, 0.29) is 29.8 Å². The van der Waals surface area contributed by atoms with Crippen LogP contribution in [0.15, 0.2) is 54.6 Å². The molecule has 0 amide bonds. The molecule has 2 aromatic rings. The number of rotatable bonds is 4. The van der Waals surface area contributed by atoms with Crippen molar-refractivity contribution < 1.29 is 27.4 Å². The zero-order valence-corrected chi connectivity index (χ0v) is 15.1. The van der Waals surface area contributed by atoms with Gasteiger partial charge in [-0.1, -0.05) is 18.2 Å². The molecule has 4 nitrogen and oxygen atoms in total. The van der Waals surface area contributed by atoms with Crippen LogP contribution < -0.4 is 9.64 Å². The number of para-hydroxylation sites is 1. The first kappa shape index (κ1) is 20.9. The van der Waals surface area contributed by atoms with Crippen molar-refractivity contribution in [2.75, 3.05) is 18.0 Å². The second-order valence-electron chi connectivity index (χ2n) is 6.02. The van der Waals surface area contributed by atoms with Gasteiger partial charge in [-0.25, -0.2) is 4.79 Å². The zero-order chi connectivity index (χ0) is 18.6. The maximum atomic E-state index is 12.2. The molecular formula is C19H19ClF3NO3. The largest absolute Gasteiger partial charge is 0.573 e. The van der Waals surface area contributed by atoms with Gasteiger partial charge in [-0.3, -0.25) is 0 Å². The number of nitrogens with zero attached hydrogens (tertiary/aromatic N) is 1. The van der Waals surface area contributed by atoms with E-state index >= 15 is 0 Å². The Hall–Kier alpha value is -2.41. The van der Waals surface area contributed by atoms with Crippen molar-refractivity contribution in [2.45, 2.75) is 25.3 Å². The van der Waals surface area contributed by atoms with Gasteiger partial charge in [0.25, 0.3) is 0 Å². The first-order valence-corrected chi connectivity index (χ1v) is 8.27. The fourth-order valence-electron chi connectivity index (χ4n) is 2.92. The highest BCUT2D eigenvalue weighted by molar-refractivity contribution is 5.89. The molecular weight excluding hydrogens is 383 g/mol. The lowest BCUT2D eigenvalue weighted by atomic mass is 10.1. The van der Waals surface area contributed by atoms with Crippen molar-refractivity contribution in [3.8, 4) is 5.75 Å². The average molecular weight is 402 g/mol. The molecule has 27 heavy (non-hydrogen) atoms. The molecule has 8 heteroatoms. The molecule has 146 valence electrons. The summed E-state index contributed by atoms with van der Waals surface area (Å²) in [6.07, 6.45) is -3.37. The van der Waals surface area contributed by atoms with Crippen molar-refractivity contribution >= 4 is 24.1 Å². The number of hydrogen-bond acceptors (Lipinski definition) is 4. The van der Waals surface area contributed by atoms with Crippen molar-refractivity contribution in [2.24, 2.45) is 0 Å². The smallest absolute Gasteiger partial charge is 0.457 e. The number of esters is 1. The minimum atomic E-state index is -4.76. The summed E-state index contributed by atoms with van der Waals surface area (Å²) in [5.74, 6) is -0.926. The topological polar surface area (TPSA) is 38.8 Å². The number of carbonyl (C=O) groups excluding carboxylic acids is 1. The quantitative estimate of drug-likeness (QED) is 0.688. The molecule has 1 aliphatic heterocycles. The van der Waals surface area contributed by atoms with Crippen LogP contribution in [0, 0.1) is 0 Å². The molecule has 0 radical (unpaired) electrons. The molecule has 0 bridgehead atoms. The molecule has 1 saturated heterocycles. The van der Waals surface area contributed by atoms with Crippen molar-refractivity contribution in [1.29, 1.82) is 0 Å². The Morgan fingerprint density at radius 2 is 1.70 bits per heavy atom. The van der Waals surface area contributed by atoms with Crippen LogP contribution in [0.1, 0.15) is 23.2 Å². The van der Waals surface area contributed by atoms with E-state index in [9.17, 15) is 18.0 Å². The molecule has 0 aliphatic carbocycles. The summed E-state index contributed by atoms with van der Waals surface area (Å²) >= 11 is 0. The van der Waals surface area contributed by atoms with Gasteiger partial charge in [0, 0.05) is 12.2 Å². The Labute approximate surface area is 161 Å². The van der Waals surface area contributed by atoms with Gasteiger partial charge in [-0.15, -0.1) is 25.6 Å². The second-order valence-corrected chi connectivity index (χ2v) is 6.02. The van der Waals surface area contributed by atoms with E-state index < -0.39 is 12.3 Å². The van der Waals surface area contributed by atoms with Gasteiger partial charge in [0.2, 0.25) is 0 Å². The zero-order valence-electron chi connectivity index (χ0n) is 14.3. The maximum absolute atomic E-state index is 12.2. The maximum Gasteiger partial charge on any atom is 0.573 e. The molecule has 0 N–H and O–H groups in total. The number of hydrogen-bond donors (Lipinski definition) is 0. The fourth-order valence-corrected chi connectivity index (χ4v) is 2.92. The minimum absolute atomic E-state index is 0. The highest BCUT2D eigenvalue weighted by Gasteiger charge is 2.31. The number of ether oxygens (including phenoxy) is 2. The van der Waals surface area contributed by atoms with Crippen molar-refractivity contribution in [1.82, 2.24) is 0 Å². The van der Waals surface area contributed by atoms with Crippen LogP contribution in [-0.4, -0.2) is 31.5 Å². The summed E-state index contributed by atoms with van der Waals surface area (Å²) in [7, 11) is 0. The third-order valence-corrected chi connectivity index (χ3v) is 4.10. The summed E-state index contributed by atoms with van der Waals surface area (Å²) in [5, 5.41) is 0. The molecule has 1 atom stereocenters. The van der Waals surface area contributed by atoms with Crippen LogP contribution in [-0.2, 0) is 4.74 Å². The van der Waals surface area contributed by atoms with Crippen LogP contribution >= 0.6 is 12.4 Å². The minimum Gasteiger partial charge on any atom is -0.457 e. The first-order chi connectivity index (χ1) is 12.4. The van der Waals surface area contributed by atoms with Gasteiger partial charge in [0.05, 0.1) is 12.1 Å². The third-order valence-electron chi connectivity index (χ3n) is 4.10. The number of alkyl halides is 3. The van der Waals surface area contributed by atoms with Crippen molar-refractivity contribution in [3.05, 3.63) is 60.2 Å². The summed E-state index contributed by atoms with van der Waals surface area (Å²) in [4.78, 5) is 14.4. The fraction of sp³-hybridized carbons (Fsp3) is 0.316. The van der Waals surface area contributed by atoms with E-state index in [0.29, 0.717) is 6.54 Å². The van der Waals surface area contributed by atoms with Crippen LogP contribution in [0.5, 0.6) is 5.75 Å². The first-order valence-electron chi connectivity index (χ1n) is 8.27. The molecule has 1 heterocycles. The van der Waals surface area contributed by atoms with Crippen LogP contribution in [0.2, 0.25) is 0 Å². The van der Waals surface area contributed by atoms with Gasteiger partial charge >= 0.3 is 12.3 Å². The molecule has 2 aromatic carbocycles. The van der Waals surface area contributed by atoms with Gasteiger partial charge in [0.1, 0.15) is 11.9 Å². The number of piperidine rings is 1. The monoisotopic (exact) mass is 401 g/mol. The molecule has 1 unspecified atom stereocenters. The van der Waals surface area contributed by atoms with Crippen LogP contribution in [0.25, 0.3) is 0 Å². The summed E-state index contributed by atoms with van der Waals surface area (Å²) in [5.41, 5.74) is 1.26. The summed E-state index contributed by atoms with van der Waals surface area (Å²) < 4.78 is 45.8.